The Morgan fingerprint density at radius 1 is 1.22 bits per heavy atom. The Kier molecular flexibility index (Phi) is 6.43. The molecule has 140 valence electrons. The molecule has 0 fully saturated rings. The van der Waals surface area contributed by atoms with E-state index in [0.717, 1.165) is 16.9 Å². The van der Waals surface area contributed by atoms with Gasteiger partial charge in [0.05, 0.1) is 5.75 Å². The number of rotatable bonds is 8. The van der Waals surface area contributed by atoms with Crippen LogP contribution in [-0.4, -0.2) is 26.8 Å². The van der Waals surface area contributed by atoms with Crippen molar-refractivity contribution >= 4 is 17.7 Å². The van der Waals surface area contributed by atoms with Gasteiger partial charge in [0.1, 0.15) is 18.2 Å². The Bertz CT molecular complexity index is 899. The fourth-order valence-electron chi connectivity index (χ4n) is 2.26. The van der Waals surface area contributed by atoms with E-state index >= 15 is 0 Å². The third-order valence-electron chi connectivity index (χ3n) is 3.70. The van der Waals surface area contributed by atoms with Crippen LogP contribution < -0.4 is 10.1 Å². The molecule has 0 atom stereocenters. The van der Waals surface area contributed by atoms with Gasteiger partial charge in [-0.2, -0.15) is 0 Å². The molecule has 0 bridgehead atoms. The van der Waals surface area contributed by atoms with Crippen molar-refractivity contribution in [1.29, 1.82) is 0 Å². The van der Waals surface area contributed by atoms with Crippen LogP contribution in [-0.2, 0) is 17.9 Å². The van der Waals surface area contributed by atoms with Gasteiger partial charge in [0, 0.05) is 6.54 Å². The van der Waals surface area contributed by atoms with E-state index in [1.54, 1.807) is 12.1 Å². The average molecular weight is 386 g/mol. The van der Waals surface area contributed by atoms with E-state index in [1.165, 1.54) is 23.9 Å². The maximum Gasteiger partial charge on any atom is 0.230 e. The van der Waals surface area contributed by atoms with E-state index in [-0.39, 0.29) is 24.1 Å². The zero-order valence-corrected chi connectivity index (χ0v) is 15.6. The molecule has 0 unspecified atom stereocenters. The Hall–Kier alpha value is -2.87. The van der Waals surface area contributed by atoms with E-state index in [0.29, 0.717) is 17.5 Å². The second kappa shape index (κ2) is 9.18. The van der Waals surface area contributed by atoms with Gasteiger partial charge in [0.2, 0.25) is 11.1 Å². The number of carbonyl (C=O) groups excluding carboxylic acids is 1. The summed E-state index contributed by atoms with van der Waals surface area (Å²) in [6.45, 7) is 2.60. The Morgan fingerprint density at radius 3 is 2.78 bits per heavy atom. The van der Waals surface area contributed by atoms with E-state index < -0.39 is 0 Å². The molecule has 0 saturated heterocycles. The second-order valence-corrected chi connectivity index (χ2v) is 6.75. The number of para-hydroxylation sites is 1. The molecule has 0 radical (unpaired) electrons. The number of aromatic nitrogens is 3. The minimum Gasteiger partial charge on any atom is -0.485 e. The zero-order chi connectivity index (χ0) is 19.1. The molecule has 3 aromatic rings. The van der Waals surface area contributed by atoms with E-state index in [1.807, 2.05) is 31.2 Å². The van der Waals surface area contributed by atoms with Crippen LogP contribution in [0.2, 0.25) is 0 Å². The third-order valence-corrected chi connectivity index (χ3v) is 4.55. The lowest BCUT2D eigenvalue weighted by atomic mass is 10.2. The van der Waals surface area contributed by atoms with Crippen LogP contribution in [0.4, 0.5) is 4.39 Å². The molecule has 0 aliphatic heterocycles. The van der Waals surface area contributed by atoms with Crippen molar-refractivity contribution in [3.05, 3.63) is 71.3 Å². The summed E-state index contributed by atoms with van der Waals surface area (Å²) in [4.78, 5) is 16.2. The highest BCUT2D eigenvalue weighted by molar-refractivity contribution is 7.99. The normalized spacial score (nSPS) is 10.6. The Balaban J connectivity index is 1.41. The predicted molar refractivity (Wildman–Crippen MR) is 101 cm³/mol. The van der Waals surface area contributed by atoms with Gasteiger partial charge in [0.25, 0.3) is 0 Å². The number of amides is 1. The molecule has 0 spiro atoms. The summed E-state index contributed by atoms with van der Waals surface area (Å²) in [5.74, 6) is 1.13. The number of halogens is 1. The number of nitrogens with one attached hydrogen (secondary N) is 2. The zero-order valence-electron chi connectivity index (χ0n) is 14.7. The van der Waals surface area contributed by atoms with Crippen molar-refractivity contribution in [3.8, 4) is 5.75 Å². The van der Waals surface area contributed by atoms with Crippen LogP contribution in [0, 0.1) is 12.7 Å². The van der Waals surface area contributed by atoms with Gasteiger partial charge in [-0.25, -0.2) is 9.37 Å². The number of aryl methyl sites for hydroxylation is 1. The molecular formula is C19H19FN4O2S. The van der Waals surface area contributed by atoms with Gasteiger partial charge in [-0.1, -0.05) is 42.1 Å². The molecule has 1 amide bonds. The molecule has 8 heteroatoms. The largest absolute Gasteiger partial charge is 0.485 e. The van der Waals surface area contributed by atoms with Gasteiger partial charge in [-0.05, 0) is 36.2 Å². The standard InChI is InChI=1S/C19H19FN4O2S/c1-13-4-2-3-5-16(13)26-11-17-22-19(24-23-17)27-12-18(25)21-10-14-6-8-15(20)9-7-14/h2-9H,10-12H2,1H3,(H,21,25)(H,22,23,24). The lowest BCUT2D eigenvalue weighted by Gasteiger charge is -2.06. The van der Waals surface area contributed by atoms with Crippen molar-refractivity contribution < 1.29 is 13.9 Å². The molecule has 6 nitrogen and oxygen atoms in total. The van der Waals surface area contributed by atoms with Crippen LogP contribution in [0.25, 0.3) is 0 Å². The van der Waals surface area contributed by atoms with Crippen molar-refractivity contribution in [1.82, 2.24) is 20.5 Å². The Labute approximate surface area is 160 Å². The number of benzene rings is 2. The number of aromatic amines is 1. The fraction of sp³-hybridized carbons (Fsp3) is 0.211. The summed E-state index contributed by atoms with van der Waals surface area (Å²) >= 11 is 1.23. The number of hydrogen-bond acceptors (Lipinski definition) is 5. The first-order valence-electron chi connectivity index (χ1n) is 8.34. The number of ether oxygens (including phenoxy) is 1. The summed E-state index contributed by atoms with van der Waals surface area (Å²) in [6, 6.07) is 13.7. The molecule has 27 heavy (non-hydrogen) atoms. The molecule has 0 aliphatic carbocycles. The summed E-state index contributed by atoms with van der Waals surface area (Å²) < 4.78 is 18.6. The minimum absolute atomic E-state index is 0.146. The second-order valence-electron chi connectivity index (χ2n) is 5.81. The molecule has 2 N–H and O–H groups in total. The smallest absolute Gasteiger partial charge is 0.230 e. The number of nitrogens with zero attached hydrogens (tertiary/aromatic N) is 2. The number of hydrogen-bond donors (Lipinski definition) is 2. The fourth-order valence-corrected chi connectivity index (χ4v) is 2.90. The van der Waals surface area contributed by atoms with E-state index in [9.17, 15) is 9.18 Å². The SMILES string of the molecule is Cc1ccccc1OCc1nc(SCC(=O)NCc2ccc(F)cc2)n[nH]1. The lowest BCUT2D eigenvalue weighted by Crippen LogP contribution is -2.24. The minimum atomic E-state index is -0.299. The number of carbonyl (C=O) groups is 1. The van der Waals surface area contributed by atoms with E-state index in [4.69, 9.17) is 4.74 Å². The van der Waals surface area contributed by atoms with Crippen molar-refractivity contribution in [2.24, 2.45) is 0 Å². The molecule has 2 aromatic carbocycles. The first kappa shape index (κ1) is 18.9. The third kappa shape index (κ3) is 5.82. The number of thioether (sulfide) groups is 1. The van der Waals surface area contributed by atoms with Crippen LogP contribution in [0.1, 0.15) is 17.0 Å². The summed E-state index contributed by atoms with van der Waals surface area (Å²) in [6.07, 6.45) is 0. The van der Waals surface area contributed by atoms with Crippen molar-refractivity contribution in [3.63, 3.8) is 0 Å². The molecular weight excluding hydrogens is 367 g/mol. The summed E-state index contributed by atoms with van der Waals surface area (Å²) in [5.41, 5.74) is 1.88. The maximum atomic E-state index is 12.9. The predicted octanol–water partition coefficient (Wildman–Crippen LogP) is 3.24. The average Bonchev–Trinajstić information content (AvgIpc) is 3.13. The molecule has 1 heterocycles. The van der Waals surface area contributed by atoms with Crippen LogP contribution in [0.5, 0.6) is 5.75 Å². The quantitative estimate of drug-likeness (QED) is 0.581. The highest BCUT2D eigenvalue weighted by Crippen LogP contribution is 2.18. The van der Waals surface area contributed by atoms with Crippen molar-refractivity contribution in [2.45, 2.75) is 25.2 Å². The Morgan fingerprint density at radius 2 is 2.00 bits per heavy atom. The van der Waals surface area contributed by atoms with Crippen molar-refractivity contribution in [2.75, 3.05) is 5.75 Å². The maximum absolute atomic E-state index is 12.9. The summed E-state index contributed by atoms with van der Waals surface area (Å²) in [7, 11) is 0. The molecule has 3 rings (SSSR count). The monoisotopic (exact) mass is 386 g/mol. The first-order chi connectivity index (χ1) is 13.1. The van der Waals surface area contributed by atoms with Gasteiger partial charge in [0.15, 0.2) is 5.82 Å². The molecule has 0 aliphatic rings. The first-order valence-corrected chi connectivity index (χ1v) is 9.32. The highest BCUT2D eigenvalue weighted by atomic mass is 32.2. The summed E-state index contributed by atoms with van der Waals surface area (Å²) in [5, 5.41) is 10.1. The van der Waals surface area contributed by atoms with Crippen LogP contribution >= 0.6 is 11.8 Å². The molecule has 0 saturated carbocycles. The number of H-pyrrole nitrogens is 1. The van der Waals surface area contributed by atoms with Gasteiger partial charge < -0.3 is 10.1 Å². The van der Waals surface area contributed by atoms with Gasteiger partial charge >= 0.3 is 0 Å². The molecule has 1 aromatic heterocycles. The lowest BCUT2D eigenvalue weighted by molar-refractivity contribution is -0.118. The van der Waals surface area contributed by atoms with Gasteiger partial charge in [-0.3, -0.25) is 9.89 Å². The van der Waals surface area contributed by atoms with Crippen LogP contribution in [0.15, 0.2) is 53.7 Å². The highest BCUT2D eigenvalue weighted by Gasteiger charge is 2.09. The topological polar surface area (TPSA) is 79.9 Å². The van der Waals surface area contributed by atoms with Crippen LogP contribution in [0.3, 0.4) is 0 Å². The van der Waals surface area contributed by atoms with E-state index in [2.05, 4.69) is 20.5 Å². The van der Waals surface area contributed by atoms with Gasteiger partial charge in [-0.15, -0.1) is 5.10 Å².